The Morgan fingerprint density at radius 2 is 1.89 bits per heavy atom. The molecule has 3 nitrogen and oxygen atoms in total. The summed E-state index contributed by atoms with van der Waals surface area (Å²) in [6.45, 7) is 4.92. The second-order valence-corrected chi connectivity index (χ2v) is 7.25. The molecular weight excluding hydrogens is 465 g/mol. The minimum absolute atomic E-state index is 0.00217. The van der Waals surface area contributed by atoms with Crippen molar-refractivity contribution in [1.29, 1.82) is 0 Å². The van der Waals surface area contributed by atoms with Gasteiger partial charge in [0.2, 0.25) is 5.05 Å². The number of allylic oxidation sites excluding steroid dienone is 1. The molecule has 152 valence electrons. The first kappa shape index (κ1) is 22.8. The molecule has 0 bridgehead atoms. The van der Waals surface area contributed by atoms with Gasteiger partial charge in [-0.2, -0.15) is 13.2 Å². The molecule has 1 aromatic carbocycles. The lowest BCUT2D eigenvalue weighted by Crippen LogP contribution is -2.11. The quantitative estimate of drug-likeness (QED) is 0.150. The molecule has 2 aromatic rings. The van der Waals surface area contributed by atoms with E-state index in [0.717, 1.165) is 13.1 Å². The lowest BCUT2D eigenvalue weighted by molar-refractivity contribution is -0.142. The Balaban J connectivity index is 2.82. The molecule has 0 radical (unpaired) electrons. The molecular formula is C17H12Cl3F4NO2S. The van der Waals surface area contributed by atoms with E-state index in [9.17, 15) is 13.2 Å². The Hall–Kier alpha value is -1.48. The van der Waals surface area contributed by atoms with Gasteiger partial charge in [-0.05, 0) is 24.7 Å². The largest absolute Gasteiger partial charge is 0.432 e. The molecule has 0 N–H and O–H groups in total. The van der Waals surface area contributed by atoms with E-state index in [0.29, 0.717) is 4.57 Å². The van der Waals surface area contributed by atoms with Gasteiger partial charge in [-0.3, -0.25) is 9.78 Å². The van der Waals surface area contributed by atoms with Crippen LogP contribution in [0.15, 0.2) is 18.7 Å². The third kappa shape index (κ3) is 4.25. The fraction of sp³-hybridized carbons (Fsp3) is 0.235. The van der Waals surface area contributed by atoms with Crippen LogP contribution in [0.5, 0.6) is 5.75 Å². The summed E-state index contributed by atoms with van der Waals surface area (Å²) < 4.78 is 55.7. The Morgan fingerprint density at radius 1 is 1.29 bits per heavy atom. The van der Waals surface area contributed by atoms with Crippen LogP contribution in [0.4, 0.5) is 17.6 Å². The van der Waals surface area contributed by atoms with Crippen molar-refractivity contribution in [2.24, 2.45) is 7.05 Å². The molecule has 28 heavy (non-hydrogen) atoms. The molecule has 0 spiro atoms. The van der Waals surface area contributed by atoms with Gasteiger partial charge in [0.1, 0.15) is 16.7 Å². The summed E-state index contributed by atoms with van der Waals surface area (Å²) in [5, 5.41) is -1.33. The number of alkyl halides is 3. The summed E-state index contributed by atoms with van der Waals surface area (Å²) in [7, 11) is 1.06. The van der Waals surface area contributed by atoms with Crippen molar-refractivity contribution in [2.75, 3.05) is 0 Å². The molecule has 0 aliphatic rings. The standard InChI is InChI=1S/C17H12Cl3F4NO2S/c1-4-5-8-12(18)10(27-26-7(2)28)6-9(14(8)21)11-13(19)15(17(22,23)24)25(3)16(11)20/h4,6H,1,5H2,2-3H3. The van der Waals surface area contributed by atoms with Crippen LogP contribution in [-0.4, -0.2) is 9.62 Å². The summed E-state index contributed by atoms with van der Waals surface area (Å²) in [5.41, 5.74) is -2.01. The SMILES string of the molecule is C=CCc1c(F)c(-c2c(Cl)c(C(F)(F)F)n(C)c2Cl)cc(OOC(C)=S)c1Cl. The number of nitrogens with zero attached hydrogens (tertiary/aromatic N) is 1. The summed E-state index contributed by atoms with van der Waals surface area (Å²) in [4.78, 5) is 9.76. The van der Waals surface area contributed by atoms with E-state index in [1.54, 1.807) is 0 Å². The van der Waals surface area contributed by atoms with E-state index in [4.69, 9.17) is 56.8 Å². The molecule has 0 saturated carbocycles. The summed E-state index contributed by atoms with van der Waals surface area (Å²) in [6, 6.07) is 1.04. The fourth-order valence-corrected chi connectivity index (χ4v) is 3.54. The third-order valence-corrected chi connectivity index (χ3v) is 4.95. The minimum atomic E-state index is -4.81. The molecule has 0 fully saturated rings. The van der Waals surface area contributed by atoms with E-state index in [1.807, 2.05) is 0 Å². The summed E-state index contributed by atoms with van der Waals surface area (Å²) >= 11 is 22.8. The van der Waals surface area contributed by atoms with Gasteiger partial charge in [0, 0.05) is 30.7 Å². The van der Waals surface area contributed by atoms with E-state index in [-0.39, 0.29) is 38.9 Å². The van der Waals surface area contributed by atoms with E-state index in [2.05, 4.69) is 6.58 Å². The number of halogens is 7. The maximum Gasteiger partial charge on any atom is 0.432 e. The predicted octanol–water partition coefficient (Wildman–Crippen LogP) is 7.20. The summed E-state index contributed by atoms with van der Waals surface area (Å²) in [6.07, 6.45) is -3.49. The van der Waals surface area contributed by atoms with Crippen LogP contribution >= 0.6 is 47.0 Å². The first-order chi connectivity index (χ1) is 12.9. The molecule has 0 aliphatic heterocycles. The highest BCUT2D eigenvalue weighted by Crippen LogP contribution is 2.48. The molecule has 0 unspecified atom stereocenters. The van der Waals surface area contributed by atoms with Crippen LogP contribution in [0, 0.1) is 5.82 Å². The van der Waals surface area contributed by atoms with E-state index < -0.39 is 27.9 Å². The van der Waals surface area contributed by atoms with Crippen molar-refractivity contribution < 1.29 is 27.3 Å². The van der Waals surface area contributed by atoms with E-state index >= 15 is 4.39 Å². The van der Waals surface area contributed by atoms with Crippen LogP contribution in [0.25, 0.3) is 11.1 Å². The lowest BCUT2D eigenvalue weighted by atomic mass is 10.0. The van der Waals surface area contributed by atoms with Gasteiger partial charge in [-0.25, -0.2) is 4.39 Å². The highest BCUT2D eigenvalue weighted by atomic mass is 35.5. The normalized spacial score (nSPS) is 11.5. The van der Waals surface area contributed by atoms with Crippen LogP contribution < -0.4 is 4.89 Å². The smallest absolute Gasteiger partial charge is 0.329 e. The number of aromatic nitrogens is 1. The second-order valence-electron chi connectivity index (χ2n) is 5.57. The number of benzene rings is 1. The molecule has 0 atom stereocenters. The van der Waals surface area contributed by atoms with Crippen LogP contribution in [0.2, 0.25) is 15.2 Å². The Bertz CT molecular complexity index is 957. The zero-order valence-electron chi connectivity index (χ0n) is 14.4. The van der Waals surface area contributed by atoms with Crippen molar-refractivity contribution in [3.8, 4) is 16.9 Å². The molecule has 0 saturated heterocycles. The topological polar surface area (TPSA) is 23.4 Å². The fourth-order valence-electron chi connectivity index (χ4n) is 2.50. The zero-order chi connectivity index (χ0) is 21.4. The number of hydrogen-bond acceptors (Lipinski definition) is 3. The van der Waals surface area contributed by atoms with Crippen molar-refractivity contribution in [1.82, 2.24) is 4.57 Å². The minimum Gasteiger partial charge on any atom is -0.329 e. The third-order valence-electron chi connectivity index (χ3n) is 3.66. The Kier molecular flexibility index (Phi) is 6.91. The van der Waals surface area contributed by atoms with Gasteiger partial charge < -0.3 is 4.57 Å². The maximum absolute atomic E-state index is 15.1. The highest BCUT2D eigenvalue weighted by molar-refractivity contribution is 7.80. The molecule has 0 amide bonds. The molecule has 2 rings (SSSR count). The van der Waals surface area contributed by atoms with E-state index in [1.165, 1.54) is 13.0 Å². The first-order valence-corrected chi connectivity index (χ1v) is 9.04. The number of hydrogen-bond donors (Lipinski definition) is 0. The van der Waals surface area contributed by atoms with Gasteiger partial charge >= 0.3 is 6.18 Å². The zero-order valence-corrected chi connectivity index (χ0v) is 17.5. The summed E-state index contributed by atoms with van der Waals surface area (Å²) in [5.74, 6) is -1.09. The maximum atomic E-state index is 15.1. The van der Waals surface area contributed by atoms with Gasteiger partial charge in [0.05, 0.1) is 10.0 Å². The average Bonchev–Trinajstić information content (AvgIpc) is 2.80. The van der Waals surface area contributed by atoms with Crippen LogP contribution in [0.1, 0.15) is 18.2 Å². The molecule has 1 heterocycles. The number of thiocarbonyl (C=S) groups is 1. The van der Waals surface area contributed by atoms with Crippen molar-refractivity contribution in [3.05, 3.63) is 51.0 Å². The van der Waals surface area contributed by atoms with Crippen LogP contribution in [0.3, 0.4) is 0 Å². The Morgan fingerprint density at radius 3 is 2.36 bits per heavy atom. The molecule has 0 aliphatic carbocycles. The molecule has 1 aromatic heterocycles. The Labute approximate surface area is 178 Å². The highest BCUT2D eigenvalue weighted by Gasteiger charge is 2.40. The van der Waals surface area contributed by atoms with Gasteiger partial charge in [0.15, 0.2) is 5.75 Å². The van der Waals surface area contributed by atoms with Crippen LogP contribution in [-0.2, 0) is 24.5 Å². The second kappa shape index (κ2) is 8.49. The van der Waals surface area contributed by atoms with Crippen molar-refractivity contribution in [2.45, 2.75) is 19.5 Å². The first-order valence-electron chi connectivity index (χ1n) is 7.49. The predicted molar refractivity (Wildman–Crippen MR) is 105 cm³/mol. The monoisotopic (exact) mass is 475 g/mol. The lowest BCUT2D eigenvalue weighted by Gasteiger charge is -2.14. The van der Waals surface area contributed by atoms with Crippen molar-refractivity contribution in [3.63, 3.8) is 0 Å². The molecule has 11 heteroatoms. The van der Waals surface area contributed by atoms with Gasteiger partial charge in [-0.1, -0.05) is 40.9 Å². The van der Waals surface area contributed by atoms with Gasteiger partial charge in [0.25, 0.3) is 0 Å². The van der Waals surface area contributed by atoms with Gasteiger partial charge in [-0.15, -0.1) is 6.58 Å². The van der Waals surface area contributed by atoms with Crippen molar-refractivity contribution >= 4 is 52.1 Å². The average molecular weight is 477 g/mol. The number of rotatable bonds is 5.